The van der Waals surface area contributed by atoms with E-state index in [9.17, 15) is 4.79 Å². The van der Waals surface area contributed by atoms with Gasteiger partial charge in [0.25, 0.3) is 5.91 Å². The highest BCUT2D eigenvalue weighted by atomic mass is 16.5. The third kappa shape index (κ3) is 5.69. The number of hydrogen-bond acceptors (Lipinski definition) is 4. The lowest BCUT2D eigenvalue weighted by Crippen LogP contribution is -2.33. The number of ether oxygens (including phenoxy) is 2. The van der Waals surface area contributed by atoms with Crippen LogP contribution in [0.1, 0.15) is 47.4 Å². The zero-order valence-corrected chi connectivity index (χ0v) is 20.5. The molecule has 2 unspecified atom stereocenters. The number of allylic oxidation sites excluding steroid dienone is 1. The van der Waals surface area contributed by atoms with E-state index in [1.165, 1.54) is 27.8 Å². The first-order chi connectivity index (χ1) is 17.7. The first-order valence-electron chi connectivity index (χ1n) is 12.8. The summed E-state index contributed by atoms with van der Waals surface area (Å²) < 4.78 is 12.0. The maximum atomic E-state index is 13.1. The summed E-state index contributed by atoms with van der Waals surface area (Å²) >= 11 is 0. The van der Waals surface area contributed by atoms with Crippen LogP contribution in [0.2, 0.25) is 0 Å². The highest BCUT2D eigenvalue weighted by Crippen LogP contribution is 2.39. The van der Waals surface area contributed by atoms with E-state index in [2.05, 4.69) is 47.8 Å². The molecule has 0 aromatic heterocycles. The average Bonchev–Trinajstić information content (AvgIpc) is 3.30. The van der Waals surface area contributed by atoms with Crippen molar-refractivity contribution >= 4 is 5.91 Å². The number of carbonyl (C=O) groups is 1. The van der Waals surface area contributed by atoms with Crippen molar-refractivity contribution in [2.45, 2.75) is 44.2 Å². The van der Waals surface area contributed by atoms with Gasteiger partial charge >= 0.3 is 0 Å². The first kappa shape index (κ1) is 24.3. The molecule has 0 bridgehead atoms. The molecule has 5 heteroatoms. The molecule has 3 aromatic carbocycles. The van der Waals surface area contributed by atoms with Gasteiger partial charge in [0.1, 0.15) is 6.10 Å². The third-order valence-corrected chi connectivity index (χ3v) is 6.93. The van der Waals surface area contributed by atoms with E-state index < -0.39 is 0 Å². The normalized spacial score (nSPS) is 18.1. The number of hydrogen-bond donors (Lipinski definition) is 2. The number of amides is 1. The van der Waals surface area contributed by atoms with Gasteiger partial charge in [0.05, 0.1) is 6.61 Å². The zero-order chi connectivity index (χ0) is 24.7. The molecule has 1 aliphatic heterocycles. The summed E-state index contributed by atoms with van der Waals surface area (Å²) in [7, 11) is 0. The van der Waals surface area contributed by atoms with Crippen LogP contribution in [-0.2, 0) is 27.2 Å². The van der Waals surface area contributed by atoms with Crippen molar-refractivity contribution in [2.24, 2.45) is 0 Å². The van der Waals surface area contributed by atoms with Gasteiger partial charge in [-0.05, 0) is 65.1 Å². The van der Waals surface area contributed by atoms with Gasteiger partial charge in [-0.2, -0.15) is 0 Å². The standard InChI is InChI=1S/C31H33NO4/c33-14-6-7-15-35-21-27-18-25(19-30(36-27)31(34)32-20-22-8-2-1-3-9-22)23-12-13-29-26(16-23)17-24-10-4-5-11-28(24)29/h1-5,8-13,16,19,25,27,33H,6-7,14-15,17-18,20-21H2,(H,32,34). The molecule has 1 aliphatic carbocycles. The zero-order valence-electron chi connectivity index (χ0n) is 20.5. The van der Waals surface area contributed by atoms with Crippen LogP contribution >= 0.6 is 0 Å². The van der Waals surface area contributed by atoms with Gasteiger partial charge in [0, 0.05) is 25.7 Å². The van der Waals surface area contributed by atoms with Gasteiger partial charge in [-0.1, -0.05) is 72.8 Å². The summed E-state index contributed by atoms with van der Waals surface area (Å²) in [6.07, 6.45) is 4.97. The monoisotopic (exact) mass is 483 g/mol. The van der Waals surface area contributed by atoms with E-state index >= 15 is 0 Å². The van der Waals surface area contributed by atoms with Crippen LogP contribution in [0.4, 0.5) is 0 Å². The van der Waals surface area contributed by atoms with Crippen LogP contribution in [-0.4, -0.2) is 36.9 Å². The molecule has 0 fully saturated rings. The number of aliphatic hydroxyl groups excluding tert-OH is 1. The van der Waals surface area contributed by atoms with Crippen molar-refractivity contribution in [3.8, 4) is 11.1 Å². The molecule has 1 heterocycles. The van der Waals surface area contributed by atoms with Gasteiger partial charge < -0.3 is 19.9 Å². The second kappa shape index (κ2) is 11.5. The topological polar surface area (TPSA) is 67.8 Å². The Morgan fingerprint density at radius 2 is 1.78 bits per heavy atom. The first-order valence-corrected chi connectivity index (χ1v) is 12.8. The van der Waals surface area contributed by atoms with Crippen molar-refractivity contribution in [2.75, 3.05) is 19.8 Å². The fraction of sp³-hybridized carbons (Fsp3) is 0.323. The minimum Gasteiger partial charge on any atom is -0.483 e. The molecular weight excluding hydrogens is 450 g/mol. The van der Waals surface area contributed by atoms with E-state index in [4.69, 9.17) is 14.6 Å². The molecule has 5 nitrogen and oxygen atoms in total. The van der Waals surface area contributed by atoms with Crippen LogP contribution in [0.3, 0.4) is 0 Å². The van der Waals surface area contributed by atoms with Crippen LogP contribution < -0.4 is 5.32 Å². The number of unbranched alkanes of at least 4 members (excludes halogenated alkanes) is 1. The van der Waals surface area contributed by atoms with Gasteiger partial charge in [-0.3, -0.25) is 4.79 Å². The van der Waals surface area contributed by atoms with E-state index in [0.29, 0.717) is 25.5 Å². The van der Waals surface area contributed by atoms with Gasteiger partial charge in [-0.25, -0.2) is 0 Å². The van der Waals surface area contributed by atoms with Crippen LogP contribution in [0.5, 0.6) is 0 Å². The maximum Gasteiger partial charge on any atom is 0.286 e. The molecule has 0 spiro atoms. The molecule has 2 atom stereocenters. The lowest BCUT2D eigenvalue weighted by atomic mass is 9.88. The van der Waals surface area contributed by atoms with Crippen molar-refractivity contribution < 1.29 is 19.4 Å². The summed E-state index contributed by atoms with van der Waals surface area (Å²) in [5.41, 5.74) is 7.55. The smallest absolute Gasteiger partial charge is 0.286 e. The molecule has 3 aromatic rings. The number of carbonyl (C=O) groups excluding carboxylic acids is 1. The van der Waals surface area contributed by atoms with Crippen molar-refractivity contribution in [3.05, 3.63) is 107 Å². The summed E-state index contributed by atoms with van der Waals surface area (Å²) in [4.78, 5) is 13.1. The van der Waals surface area contributed by atoms with Gasteiger partial charge in [-0.15, -0.1) is 0 Å². The Labute approximate surface area is 212 Å². The Bertz CT molecular complexity index is 1220. The minimum absolute atomic E-state index is 0.0660. The van der Waals surface area contributed by atoms with Crippen molar-refractivity contribution in [3.63, 3.8) is 0 Å². The number of fused-ring (bicyclic) bond motifs is 3. The molecule has 1 amide bonds. The lowest BCUT2D eigenvalue weighted by Gasteiger charge is -2.29. The predicted octanol–water partition coefficient (Wildman–Crippen LogP) is 5.12. The van der Waals surface area contributed by atoms with Crippen LogP contribution in [0.15, 0.2) is 84.6 Å². The number of rotatable bonds is 10. The Balaban J connectivity index is 1.32. The fourth-order valence-corrected chi connectivity index (χ4v) is 5.06. The van der Waals surface area contributed by atoms with Gasteiger partial charge in [0.2, 0.25) is 0 Å². The van der Waals surface area contributed by atoms with Crippen LogP contribution in [0, 0.1) is 0 Å². The van der Waals surface area contributed by atoms with E-state index in [1.54, 1.807) is 0 Å². The predicted molar refractivity (Wildman–Crippen MR) is 140 cm³/mol. The van der Waals surface area contributed by atoms with E-state index in [-0.39, 0.29) is 24.5 Å². The molecular formula is C31H33NO4. The largest absolute Gasteiger partial charge is 0.483 e. The Hall–Kier alpha value is -3.41. The molecule has 2 aliphatic rings. The molecule has 0 radical (unpaired) electrons. The van der Waals surface area contributed by atoms with Crippen molar-refractivity contribution in [1.29, 1.82) is 0 Å². The lowest BCUT2D eigenvalue weighted by molar-refractivity contribution is -0.123. The molecule has 186 valence electrons. The Morgan fingerprint density at radius 1 is 0.972 bits per heavy atom. The average molecular weight is 484 g/mol. The second-order valence-electron chi connectivity index (χ2n) is 9.54. The highest BCUT2D eigenvalue weighted by molar-refractivity contribution is 5.91. The number of benzene rings is 3. The maximum absolute atomic E-state index is 13.1. The molecule has 5 rings (SSSR count). The number of aliphatic hydroxyl groups is 1. The molecule has 0 saturated heterocycles. The summed E-state index contributed by atoms with van der Waals surface area (Å²) in [5.74, 6) is 0.216. The Kier molecular flexibility index (Phi) is 7.79. The quantitative estimate of drug-likeness (QED) is 0.307. The fourth-order valence-electron chi connectivity index (χ4n) is 5.06. The summed E-state index contributed by atoms with van der Waals surface area (Å²) in [6, 6.07) is 25.1. The Morgan fingerprint density at radius 3 is 2.64 bits per heavy atom. The summed E-state index contributed by atoms with van der Waals surface area (Å²) in [6.45, 7) is 1.61. The molecule has 2 N–H and O–H groups in total. The van der Waals surface area contributed by atoms with E-state index in [1.807, 2.05) is 36.4 Å². The number of nitrogens with one attached hydrogen (secondary N) is 1. The van der Waals surface area contributed by atoms with Crippen molar-refractivity contribution in [1.82, 2.24) is 5.32 Å². The van der Waals surface area contributed by atoms with Crippen LogP contribution in [0.25, 0.3) is 11.1 Å². The third-order valence-electron chi connectivity index (χ3n) is 6.93. The summed E-state index contributed by atoms with van der Waals surface area (Å²) in [5, 5.41) is 12.0. The minimum atomic E-state index is -0.211. The SMILES string of the molecule is O=C(NCc1ccccc1)C1=CC(c2ccc3c(c2)Cc2ccccc2-3)CC(COCCCCO)O1. The van der Waals surface area contributed by atoms with Gasteiger partial charge in [0.15, 0.2) is 5.76 Å². The highest BCUT2D eigenvalue weighted by Gasteiger charge is 2.29. The molecule has 0 saturated carbocycles. The second-order valence-corrected chi connectivity index (χ2v) is 9.54. The van der Waals surface area contributed by atoms with E-state index in [0.717, 1.165) is 31.2 Å². The molecule has 36 heavy (non-hydrogen) atoms.